The van der Waals surface area contributed by atoms with Crippen LogP contribution in [0.1, 0.15) is 38.0 Å². The quantitative estimate of drug-likeness (QED) is 0.783. The van der Waals surface area contributed by atoms with Gasteiger partial charge in [0.1, 0.15) is 5.76 Å². The fourth-order valence-electron chi connectivity index (χ4n) is 2.73. The van der Waals surface area contributed by atoms with E-state index in [1.54, 1.807) is 11.2 Å². The average Bonchev–Trinajstić information content (AvgIpc) is 3.13. The predicted octanol–water partition coefficient (Wildman–Crippen LogP) is 3.63. The fraction of sp³-hybridized carbons (Fsp3) is 0.400. The second kappa shape index (κ2) is 9.08. The van der Waals surface area contributed by atoms with Gasteiger partial charge in [-0.1, -0.05) is 13.8 Å². The van der Waals surface area contributed by atoms with E-state index >= 15 is 0 Å². The summed E-state index contributed by atoms with van der Waals surface area (Å²) in [5, 5.41) is 2.88. The van der Waals surface area contributed by atoms with Gasteiger partial charge in [0.25, 0.3) is 0 Å². The molecule has 1 N–H and O–H groups in total. The van der Waals surface area contributed by atoms with Gasteiger partial charge in [-0.05, 0) is 35.9 Å². The normalized spacial score (nSPS) is 10.5. The van der Waals surface area contributed by atoms with Crippen LogP contribution in [0.5, 0.6) is 0 Å². The van der Waals surface area contributed by atoms with Crippen LogP contribution in [-0.4, -0.2) is 30.8 Å². The van der Waals surface area contributed by atoms with Gasteiger partial charge in [-0.2, -0.15) is 0 Å². The Morgan fingerprint density at radius 1 is 1.08 bits per heavy atom. The van der Waals surface area contributed by atoms with Crippen molar-refractivity contribution >= 4 is 23.2 Å². The standard InChI is InChI=1S/C20H27N3O3/c1-5-19(24)21-16-9-10-18(22(3)4)15(12-16)13-23(20(25)6-2)14-17-8-7-11-26-17/h7-12H,5-6,13-14H2,1-4H3,(H,21,24). The zero-order valence-corrected chi connectivity index (χ0v) is 15.9. The number of anilines is 2. The van der Waals surface area contributed by atoms with Gasteiger partial charge in [0.05, 0.1) is 12.8 Å². The predicted molar refractivity (Wildman–Crippen MR) is 103 cm³/mol. The monoisotopic (exact) mass is 357 g/mol. The molecule has 0 fully saturated rings. The van der Waals surface area contributed by atoms with Crippen LogP contribution in [0.25, 0.3) is 0 Å². The van der Waals surface area contributed by atoms with Gasteiger partial charge in [0.15, 0.2) is 0 Å². The smallest absolute Gasteiger partial charge is 0.224 e. The number of hydrogen-bond donors (Lipinski definition) is 1. The summed E-state index contributed by atoms with van der Waals surface area (Å²) in [7, 11) is 3.92. The third kappa shape index (κ3) is 5.12. The van der Waals surface area contributed by atoms with Crippen LogP contribution in [0.4, 0.5) is 11.4 Å². The van der Waals surface area contributed by atoms with Gasteiger partial charge >= 0.3 is 0 Å². The molecule has 6 nitrogen and oxygen atoms in total. The van der Waals surface area contributed by atoms with Gasteiger partial charge in [-0.25, -0.2) is 0 Å². The number of furan rings is 1. The van der Waals surface area contributed by atoms with Crippen LogP contribution in [0, 0.1) is 0 Å². The second-order valence-electron chi connectivity index (χ2n) is 6.32. The number of hydrogen-bond acceptors (Lipinski definition) is 4. The zero-order valence-electron chi connectivity index (χ0n) is 15.9. The van der Waals surface area contributed by atoms with E-state index in [-0.39, 0.29) is 11.8 Å². The maximum atomic E-state index is 12.4. The van der Waals surface area contributed by atoms with Crippen LogP contribution >= 0.6 is 0 Å². The van der Waals surface area contributed by atoms with Crippen LogP contribution in [0.2, 0.25) is 0 Å². The van der Waals surface area contributed by atoms with Crippen LogP contribution in [0.3, 0.4) is 0 Å². The molecular weight excluding hydrogens is 330 g/mol. The third-order valence-corrected chi connectivity index (χ3v) is 4.11. The number of nitrogens with zero attached hydrogens (tertiary/aromatic N) is 2. The Kier molecular flexibility index (Phi) is 6.83. The molecule has 2 rings (SSSR count). The first-order chi connectivity index (χ1) is 12.4. The maximum Gasteiger partial charge on any atom is 0.224 e. The molecule has 140 valence electrons. The summed E-state index contributed by atoms with van der Waals surface area (Å²) in [6.45, 7) is 4.52. The first-order valence-corrected chi connectivity index (χ1v) is 8.84. The van der Waals surface area contributed by atoms with Crippen molar-refractivity contribution in [3.8, 4) is 0 Å². The molecule has 26 heavy (non-hydrogen) atoms. The fourth-order valence-corrected chi connectivity index (χ4v) is 2.73. The molecule has 1 aromatic carbocycles. The lowest BCUT2D eigenvalue weighted by Crippen LogP contribution is -2.30. The van der Waals surface area contributed by atoms with E-state index in [2.05, 4.69) is 5.32 Å². The Balaban J connectivity index is 2.30. The van der Waals surface area contributed by atoms with E-state index in [1.807, 2.05) is 63.2 Å². The lowest BCUT2D eigenvalue weighted by Gasteiger charge is -2.25. The third-order valence-electron chi connectivity index (χ3n) is 4.11. The molecule has 0 bridgehead atoms. The first-order valence-electron chi connectivity index (χ1n) is 8.84. The van der Waals surface area contributed by atoms with Crippen LogP contribution in [-0.2, 0) is 22.7 Å². The largest absolute Gasteiger partial charge is 0.467 e. The molecule has 2 aromatic rings. The highest BCUT2D eigenvalue weighted by atomic mass is 16.3. The van der Waals surface area contributed by atoms with Gasteiger partial charge in [-0.3, -0.25) is 9.59 Å². The lowest BCUT2D eigenvalue weighted by molar-refractivity contribution is -0.132. The molecule has 0 unspecified atom stereocenters. The van der Waals surface area contributed by atoms with Crippen molar-refractivity contribution in [2.24, 2.45) is 0 Å². The van der Waals surface area contributed by atoms with Crippen molar-refractivity contribution in [1.29, 1.82) is 0 Å². The lowest BCUT2D eigenvalue weighted by atomic mass is 10.1. The van der Waals surface area contributed by atoms with E-state index in [9.17, 15) is 9.59 Å². The summed E-state index contributed by atoms with van der Waals surface area (Å²) >= 11 is 0. The maximum absolute atomic E-state index is 12.4. The Hall–Kier alpha value is -2.76. The molecular formula is C20H27N3O3. The molecule has 2 amide bonds. The van der Waals surface area contributed by atoms with Crippen molar-refractivity contribution < 1.29 is 14.0 Å². The summed E-state index contributed by atoms with van der Waals surface area (Å²) in [6, 6.07) is 9.45. The highest BCUT2D eigenvalue weighted by molar-refractivity contribution is 5.91. The van der Waals surface area contributed by atoms with E-state index < -0.39 is 0 Å². The van der Waals surface area contributed by atoms with E-state index in [4.69, 9.17) is 4.42 Å². The number of amides is 2. The van der Waals surface area contributed by atoms with Gasteiger partial charge in [-0.15, -0.1) is 0 Å². The molecule has 1 aromatic heterocycles. The number of nitrogens with one attached hydrogen (secondary N) is 1. The molecule has 0 saturated carbocycles. The van der Waals surface area contributed by atoms with Crippen LogP contribution < -0.4 is 10.2 Å². The molecule has 0 aliphatic carbocycles. The summed E-state index contributed by atoms with van der Waals surface area (Å²) in [6.07, 6.45) is 2.45. The van der Waals surface area contributed by atoms with E-state index in [0.717, 1.165) is 22.7 Å². The molecule has 0 radical (unpaired) electrons. The highest BCUT2D eigenvalue weighted by Crippen LogP contribution is 2.25. The van der Waals surface area contributed by atoms with Crippen molar-refractivity contribution in [3.63, 3.8) is 0 Å². The highest BCUT2D eigenvalue weighted by Gasteiger charge is 2.17. The van der Waals surface area contributed by atoms with Gasteiger partial charge in [0.2, 0.25) is 11.8 Å². The number of carbonyl (C=O) groups is 2. The van der Waals surface area contributed by atoms with Crippen molar-refractivity contribution in [1.82, 2.24) is 4.90 Å². The molecule has 0 atom stereocenters. The molecule has 0 saturated heterocycles. The Bertz CT molecular complexity index is 739. The van der Waals surface area contributed by atoms with Crippen molar-refractivity contribution in [2.75, 3.05) is 24.3 Å². The zero-order chi connectivity index (χ0) is 19.1. The minimum absolute atomic E-state index is 0.0365. The summed E-state index contributed by atoms with van der Waals surface area (Å²) in [5.74, 6) is 0.758. The minimum atomic E-state index is -0.0365. The molecule has 0 aliphatic rings. The molecule has 1 heterocycles. The Morgan fingerprint density at radius 3 is 2.42 bits per heavy atom. The summed E-state index contributed by atoms with van der Waals surface area (Å²) in [5.41, 5.74) is 2.71. The Labute approximate surface area is 154 Å². The molecule has 0 aliphatic heterocycles. The SMILES string of the molecule is CCC(=O)Nc1ccc(N(C)C)c(CN(Cc2ccco2)C(=O)CC)c1. The van der Waals surface area contributed by atoms with E-state index in [1.165, 1.54) is 0 Å². The van der Waals surface area contributed by atoms with Crippen LogP contribution in [0.15, 0.2) is 41.0 Å². The summed E-state index contributed by atoms with van der Waals surface area (Å²) < 4.78 is 5.40. The minimum Gasteiger partial charge on any atom is -0.467 e. The Morgan fingerprint density at radius 2 is 1.85 bits per heavy atom. The molecule has 0 spiro atoms. The summed E-state index contributed by atoms with van der Waals surface area (Å²) in [4.78, 5) is 27.9. The van der Waals surface area contributed by atoms with Gasteiger partial charge in [0, 0.05) is 44.9 Å². The number of carbonyl (C=O) groups excluding carboxylic acids is 2. The average molecular weight is 357 g/mol. The second-order valence-corrected chi connectivity index (χ2v) is 6.32. The topological polar surface area (TPSA) is 65.8 Å². The van der Waals surface area contributed by atoms with E-state index in [0.29, 0.717) is 25.9 Å². The van der Waals surface area contributed by atoms with Crippen molar-refractivity contribution in [3.05, 3.63) is 47.9 Å². The van der Waals surface area contributed by atoms with Gasteiger partial charge < -0.3 is 19.5 Å². The number of benzene rings is 1. The number of rotatable bonds is 8. The first kappa shape index (κ1) is 19.6. The van der Waals surface area contributed by atoms with Crippen molar-refractivity contribution in [2.45, 2.75) is 39.8 Å². The molecule has 6 heteroatoms.